The monoisotopic (exact) mass is 436 g/mol. The fourth-order valence-electron chi connectivity index (χ4n) is 4.70. The molecule has 1 aliphatic rings. The summed E-state index contributed by atoms with van der Waals surface area (Å²) in [5.41, 5.74) is 6.04. The van der Waals surface area contributed by atoms with Gasteiger partial charge in [-0.25, -0.2) is 13.1 Å². The highest BCUT2D eigenvalue weighted by atomic mass is 32.2. The molecule has 2 atom stereocenters. The zero-order chi connectivity index (χ0) is 22.2. The topological polar surface area (TPSA) is 68.2 Å². The van der Waals surface area contributed by atoms with Crippen LogP contribution < -0.4 is 10.3 Å². The minimum Gasteiger partial charge on any atom is -0.307 e. The van der Waals surface area contributed by atoms with Crippen molar-refractivity contribution in [3.05, 3.63) is 93.4 Å². The van der Waals surface area contributed by atoms with Gasteiger partial charge in [-0.2, -0.15) is 0 Å². The summed E-state index contributed by atoms with van der Waals surface area (Å²) in [6, 6.07) is 19.7. The number of aromatic nitrogens is 1. The highest BCUT2D eigenvalue weighted by Crippen LogP contribution is 2.30. The first-order valence-corrected chi connectivity index (χ1v) is 12.5. The Balaban J connectivity index is 1.78. The molecule has 2 aromatic carbocycles. The first-order chi connectivity index (χ1) is 14.7. The Morgan fingerprint density at radius 1 is 0.968 bits per heavy atom. The molecule has 0 radical (unpaired) electrons. The van der Waals surface area contributed by atoms with E-state index in [1.165, 1.54) is 6.26 Å². The average Bonchev–Trinajstić information content (AvgIpc) is 2.73. The molecule has 4 rings (SSSR count). The second kappa shape index (κ2) is 8.44. The van der Waals surface area contributed by atoms with Gasteiger partial charge >= 0.3 is 0 Å². The summed E-state index contributed by atoms with van der Waals surface area (Å²) < 4.78 is 28.8. The second-order valence-electron chi connectivity index (χ2n) is 8.51. The van der Waals surface area contributed by atoms with Gasteiger partial charge in [0.25, 0.3) is 5.56 Å². The van der Waals surface area contributed by atoms with Crippen LogP contribution >= 0.6 is 0 Å². The number of pyridine rings is 1. The molecule has 0 bridgehead atoms. The van der Waals surface area contributed by atoms with E-state index >= 15 is 0 Å². The Morgan fingerprint density at radius 3 is 2.39 bits per heavy atom. The highest BCUT2D eigenvalue weighted by Gasteiger charge is 2.33. The molecular weight excluding hydrogens is 408 g/mol. The van der Waals surface area contributed by atoms with Crippen molar-refractivity contribution < 1.29 is 8.42 Å². The Kier molecular flexibility index (Phi) is 5.86. The third-order valence-corrected chi connectivity index (χ3v) is 6.80. The predicted molar refractivity (Wildman–Crippen MR) is 125 cm³/mol. The number of aryl methyl sites for hydroxylation is 2. The van der Waals surface area contributed by atoms with Crippen LogP contribution in [0.1, 0.15) is 34.8 Å². The van der Waals surface area contributed by atoms with Crippen molar-refractivity contribution in [1.82, 2.24) is 9.29 Å². The Bertz CT molecular complexity index is 1260. The lowest BCUT2D eigenvalue weighted by Gasteiger charge is -2.36. The van der Waals surface area contributed by atoms with E-state index in [0.717, 1.165) is 27.9 Å². The predicted octanol–water partition coefficient (Wildman–Crippen LogP) is 3.78. The van der Waals surface area contributed by atoms with E-state index in [2.05, 4.69) is 29.0 Å². The molecule has 1 aliphatic heterocycles. The van der Waals surface area contributed by atoms with E-state index in [1.807, 2.05) is 54.8 Å². The van der Waals surface area contributed by atoms with Gasteiger partial charge in [-0.05, 0) is 61.4 Å². The smallest absolute Gasteiger partial charge is 0.253 e. The van der Waals surface area contributed by atoms with E-state index in [1.54, 1.807) is 0 Å². The summed E-state index contributed by atoms with van der Waals surface area (Å²) in [5, 5.41) is 0. The zero-order valence-electron chi connectivity index (χ0n) is 18.1. The molecule has 0 aliphatic carbocycles. The quantitative estimate of drug-likeness (QED) is 0.662. The molecule has 0 unspecified atom stereocenters. The lowest BCUT2D eigenvalue weighted by Crippen LogP contribution is -2.48. The maximum Gasteiger partial charge on any atom is 0.253 e. The third kappa shape index (κ3) is 4.65. The van der Waals surface area contributed by atoms with Crippen LogP contribution in [0.5, 0.6) is 0 Å². The standard InChI is InChI=1S/C25H28N2O3S/c1-17-14-18(2)25(28)27-23(17)13-12-22(26-31(3,29)30)24(27)16-19-8-7-11-21(15-19)20-9-5-4-6-10-20/h4-11,14-15,22,24,26H,12-13,16H2,1-3H3/t22-,24-/m0/s1. The molecule has 162 valence electrons. The van der Waals surface area contributed by atoms with Crippen LogP contribution in [0.3, 0.4) is 0 Å². The number of nitrogens with one attached hydrogen (secondary N) is 1. The van der Waals surface area contributed by atoms with Gasteiger partial charge < -0.3 is 4.57 Å². The van der Waals surface area contributed by atoms with Crippen molar-refractivity contribution in [3.63, 3.8) is 0 Å². The zero-order valence-corrected chi connectivity index (χ0v) is 18.9. The number of nitrogens with zero attached hydrogens (tertiary/aromatic N) is 1. The van der Waals surface area contributed by atoms with Crippen molar-refractivity contribution in [2.24, 2.45) is 0 Å². The van der Waals surface area contributed by atoms with E-state index in [9.17, 15) is 13.2 Å². The molecule has 2 heterocycles. The fourth-order valence-corrected chi connectivity index (χ4v) is 5.53. The van der Waals surface area contributed by atoms with Gasteiger partial charge in [-0.1, -0.05) is 54.6 Å². The molecule has 0 saturated carbocycles. The normalized spacial score (nSPS) is 18.5. The SMILES string of the molecule is Cc1cc(C)c(=O)n2c1CC[C@H](NS(C)(=O)=O)[C@@H]2Cc1cccc(-c2ccccc2)c1. The number of fused-ring (bicyclic) bond motifs is 1. The van der Waals surface area contributed by atoms with Crippen LogP contribution in [-0.4, -0.2) is 25.3 Å². The Hall–Kier alpha value is -2.70. The molecule has 0 fully saturated rings. The summed E-state index contributed by atoms with van der Waals surface area (Å²) in [6.45, 7) is 3.85. The van der Waals surface area contributed by atoms with Crippen molar-refractivity contribution in [2.75, 3.05) is 6.26 Å². The summed E-state index contributed by atoms with van der Waals surface area (Å²) >= 11 is 0. The first kappa shape index (κ1) is 21.5. The van der Waals surface area contributed by atoms with Crippen molar-refractivity contribution in [3.8, 4) is 11.1 Å². The molecule has 6 heteroatoms. The van der Waals surface area contributed by atoms with E-state index in [0.29, 0.717) is 24.8 Å². The Morgan fingerprint density at radius 2 is 1.68 bits per heavy atom. The number of rotatable bonds is 5. The van der Waals surface area contributed by atoms with Gasteiger partial charge in [0.15, 0.2) is 0 Å². The van der Waals surface area contributed by atoms with Gasteiger partial charge in [0.05, 0.1) is 12.3 Å². The van der Waals surface area contributed by atoms with Crippen LogP contribution in [0.15, 0.2) is 65.5 Å². The van der Waals surface area contributed by atoms with Gasteiger partial charge in [-0.15, -0.1) is 0 Å². The molecule has 5 nitrogen and oxygen atoms in total. The van der Waals surface area contributed by atoms with E-state index in [4.69, 9.17) is 0 Å². The molecule has 3 aromatic rings. The average molecular weight is 437 g/mol. The van der Waals surface area contributed by atoms with Crippen LogP contribution in [0, 0.1) is 13.8 Å². The van der Waals surface area contributed by atoms with Gasteiger partial charge in [0.2, 0.25) is 10.0 Å². The summed E-state index contributed by atoms with van der Waals surface area (Å²) in [6.07, 6.45) is 3.10. The van der Waals surface area contributed by atoms with Crippen molar-refractivity contribution in [2.45, 2.75) is 45.2 Å². The first-order valence-electron chi connectivity index (χ1n) is 10.6. The highest BCUT2D eigenvalue weighted by molar-refractivity contribution is 7.88. The van der Waals surface area contributed by atoms with Crippen LogP contribution in [0.25, 0.3) is 11.1 Å². The molecule has 0 amide bonds. The number of hydrogen-bond acceptors (Lipinski definition) is 3. The molecule has 0 saturated heterocycles. The summed E-state index contributed by atoms with van der Waals surface area (Å²) in [7, 11) is -3.40. The summed E-state index contributed by atoms with van der Waals surface area (Å²) in [4.78, 5) is 13.2. The molecule has 0 spiro atoms. The fraction of sp³-hybridized carbons (Fsp3) is 0.320. The van der Waals surface area contributed by atoms with Crippen LogP contribution in [-0.2, 0) is 22.9 Å². The molecule has 1 aromatic heterocycles. The lowest BCUT2D eigenvalue weighted by atomic mass is 9.89. The minimum absolute atomic E-state index is 0.0372. The lowest BCUT2D eigenvalue weighted by molar-refractivity contribution is 0.313. The van der Waals surface area contributed by atoms with E-state index in [-0.39, 0.29) is 17.6 Å². The Labute approximate surface area is 183 Å². The number of benzene rings is 2. The van der Waals surface area contributed by atoms with Gasteiger partial charge in [-0.3, -0.25) is 4.79 Å². The minimum atomic E-state index is -3.40. The number of sulfonamides is 1. The maximum absolute atomic E-state index is 13.2. The maximum atomic E-state index is 13.2. The van der Waals surface area contributed by atoms with Crippen molar-refractivity contribution in [1.29, 1.82) is 0 Å². The van der Waals surface area contributed by atoms with Crippen molar-refractivity contribution >= 4 is 10.0 Å². The van der Waals surface area contributed by atoms with Crippen LogP contribution in [0.2, 0.25) is 0 Å². The van der Waals surface area contributed by atoms with Crippen LogP contribution in [0.4, 0.5) is 0 Å². The second-order valence-corrected chi connectivity index (χ2v) is 10.3. The van der Waals surface area contributed by atoms with Gasteiger partial charge in [0.1, 0.15) is 0 Å². The molecular formula is C25H28N2O3S. The largest absolute Gasteiger partial charge is 0.307 e. The van der Waals surface area contributed by atoms with E-state index < -0.39 is 10.0 Å². The summed E-state index contributed by atoms with van der Waals surface area (Å²) in [5.74, 6) is 0. The third-order valence-electron chi connectivity index (χ3n) is 6.07. The van der Waals surface area contributed by atoms with Gasteiger partial charge in [0, 0.05) is 17.3 Å². The molecule has 1 N–H and O–H groups in total. The number of hydrogen-bond donors (Lipinski definition) is 1. The molecule has 31 heavy (non-hydrogen) atoms.